The molecule has 0 unspecified atom stereocenters. The Labute approximate surface area is 220 Å². The Morgan fingerprint density at radius 1 is 1.00 bits per heavy atom. The van der Waals surface area contributed by atoms with Crippen LogP contribution in [-0.4, -0.2) is 44.8 Å². The number of benzene rings is 2. The van der Waals surface area contributed by atoms with Crippen molar-refractivity contribution in [2.24, 2.45) is 5.92 Å². The molecule has 2 amide bonds. The van der Waals surface area contributed by atoms with Crippen molar-refractivity contribution in [2.75, 3.05) is 24.5 Å². The Kier molecular flexibility index (Phi) is 10.2. The fraction of sp³-hybridized carbons (Fsp3) is 0.500. The predicted molar refractivity (Wildman–Crippen MR) is 143 cm³/mol. The van der Waals surface area contributed by atoms with Gasteiger partial charge in [-0.3, -0.25) is 14.5 Å². The van der Waals surface area contributed by atoms with Crippen LogP contribution in [0.4, 0.5) is 10.1 Å². The molecule has 2 aromatic carbocycles. The van der Waals surface area contributed by atoms with Gasteiger partial charge >= 0.3 is 0 Å². The molecule has 0 radical (unpaired) electrons. The molecule has 1 heterocycles. The number of amides is 2. The van der Waals surface area contributed by atoms with Gasteiger partial charge in [-0.05, 0) is 74.2 Å². The first kappa shape index (κ1) is 28.8. The first-order valence-electron chi connectivity index (χ1n) is 13.0. The van der Waals surface area contributed by atoms with Crippen LogP contribution in [0.25, 0.3) is 0 Å². The molecule has 0 aliphatic carbocycles. The molecule has 0 aromatic heterocycles. The molecule has 1 aliphatic heterocycles. The third-order valence-electron chi connectivity index (χ3n) is 6.64. The number of hydrogen-bond acceptors (Lipinski definition) is 5. The maximum Gasteiger partial charge on any atom is 0.267 e. The fourth-order valence-electron chi connectivity index (χ4n) is 4.55. The SMILES string of the molecule is CC(=O)N1CCCCCCCN(CCC(C)C)Cc2cc(C(=O)NS(=O)(=O)c3ccccc3F)ccc21. The number of rotatable bonds is 6. The highest BCUT2D eigenvalue weighted by Crippen LogP contribution is 2.27. The molecular formula is C28H38FN3O4S. The molecule has 7 nitrogen and oxygen atoms in total. The Balaban J connectivity index is 1.96. The van der Waals surface area contributed by atoms with Gasteiger partial charge in [0.1, 0.15) is 10.7 Å². The molecule has 0 saturated heterocycles. The van der Waals surface area contributed by atoms with Gasteiger partial charge in [0, 0.05) is 31.3 Å². The highest BCUT2D eigenvalue weighted by Gasteiger charge is 2.24. The van der Waals surface area contributed by atoms with Crippen LogP contribution in [0.5, 0.6) is 0 Å². The third kappa shape index (κ3) is 8.10. The van der Waals surface area contributed by atoms with E-state index in [9.17, 15) is 22.4 Å². The average molecular weight is 532 g/mol. The Morgan fingerprint density at radius 3 is 2.35 bits per heavy atom. The summed E-state index contributed by atoms with van der Waals surface area (Å²) >= 11 is 0. The van der Waals surface area contributed by atoms with Crippen LogP contribution >= 0.6 is 0 Å². The van der Waals surface area contributed by atoms with Gasteiger partial charge in [0.05, 0.1) is 0 Å². The van der Waals surface area contributed by atoms with Crippen LogP contribution in [0.2, 0.25) is 0 Å². The van der Waals surface area contributed by atoms with Crippen molar-refractivity contribution in [3.8, 4) is 0 Å². The minimum atomic E-state index is -4.39. The highest BCUT2D eigenvalue weighted by atomic mass is 32.2. The molecule has 9 heteroatoms. The molecule has 3 rings (SSSR count). The molecule has 0 bridgehead atoms. The molecule has 2 aromatic rings. The summed E-state index contributed by atoms with van der Waals surface area (Å²) in [4.78, 5) is 29.1. The van der Waals surface area contributed by atoms with E-state index in [-0.39, 0.29) is 11.5 Å². The molecule has 0 fully saturated rings. The van der Waals surface area contributed by atoms with Gasteiger partial charge < -0.3 is 4.90 Å². The van der Waals surface area contributed by atoms with Crippen LogP contribution < -0.4 is 9.62 Å². The topological polar surface area (TPSA) is 86.8 Å². The number of halogens is 1. The van der Waals surface area contributed by atoms with Gasteiger partial charge in [-0.25, -0.2) is 17.5 Å². The number of nitrogens with zero attached hydrogens (tertiary/aromatic N) is 2. The molecule has 202 valence electrons. The van der Waals surface area contributed by atoms with Crippen molar-refractivity contribution in [3.63, 3.8) is 0 Å². The zero-order valence-electron chi connectivity index (χ0n) is 22.0. The summed E-state index contributed by atoms with van der Waals surface area (Å²) in [5.41, 5.74) is 1.66. The van der Waals surface area contributed by atoms with Gasteiger partial charge in [0.15, 0.2) is 0 Å². The van der Waals surface area contributed by atoms with Crippen LogP contribution in [0.15, 0.2) is 47.4 Å². The molecular weight excluding hydrogens is 493 g/mol. The summed E-state index contributed by atoms with van der Waals surface area (Å²) in [5, 5.41) is 0. The smallest absolute Gasteiger partial charge is 0.267 e. The van der Waals surface area contributed by atoms with Crippen molar-refractivity contribution in [2.45, 2.75) is 70.7 Å². The summed E-state index contributed by atoms with van der Waals surface area (Å²) in [7, 11) is -4.39. The lowest BCUT2D eigenvalue weighted by Crippen LogP contribution is -2.34. The van der Waals surface area contributed by atoms with Crippen molar-refractivity contribution >= 4 is 27.5 Å². The number of carbonyl (C=O) groups is 2. The number of anilines is 1. The third-order valence-corrected chi connectivity index (χ3v) is 8.00. The summed E-state index contributed by atoms with van der Waals surface area (Å²) in [6, 6.07) is 9.81. The van der Waals surface area contributed by atoms with Crippen LogP contribution in [0.3, 0.4) is 0 Å². The number of carbonyl (C=O) groups excluding carboxylic acids is 2. The van der Waals surface area contributed by atoms with Crippen molar-refractivity contribution < 1.29 is 22.4 Å². The predicted octanol–water partition coefficient (Wildman–Crippen LogP) is 5.11. The molecule has 1 N–H and O–H groups in total. The Bertz CT molecular complexity index is 1200. The van der Waals surface area contributed by atoms with Gasteiger partial charge in [0.25, 0.3) is 15.9 Å². The van der Waals surface area contributed by atoms with E-state index in [0.717, 1.165) is 75.0 Å². The van der Waals surface area contributed by atoms with E-state index < -0.39 is 26.6 Å². The highest BCUT2D eigenvalue weighted by molar-refractivity contribution is 7.90. The van der Waals surface area contributed by atoms with E-state index >= 15 is 0 Å². The van der Waals surface area contributed by atoms with E-state index in [1.54, 1.807) is 17.0 Å². The molecule has 0 saturated carbocycles. The largest absolute Gasteiger partial charge is 0.312 e. The minimum Gasteiger partial charge on any atom is -0.312 e. The summed E-state index contributed by atoms with van der Waals surface area (Å²) in [5.74, 6) is -1.32. The maximum atomic E-state index is 14.1. The molecule has 0 atom stereocenters. The quantitative estimate of drug-likeness (QED) is 0.560. The monoisotopic (exact) mass is 531 g/mol. The second-order valence-corrected chi connectivity index (χ2v) is 11.8. The number of sulfonamides is 1. The molecule has 1 aliphatic rings. The summed E-state index contributed by atoms with van der Waals surface area (Å²) < 4.78 is 41.5. The van der Waals surface area contributed by atoms with Crippen molar-refractivity contribution in [1.29, 1.82) is 0 Å². The van der Waals surface area contributed by atoms with Crippen LogP contribution in [-0.2, 0) is 21.4 Å². The second-order valence-electron chi connectivity index (χ2n) is 10.1. The lowest BCUT2D eigenvalue weighted by Gasteiger charge is -2.29. The summed E-state index contributed by atoms with van der Waals surface area (Å²) in [6.07, 6.45) is 6.28. The first-order chi connectivity index (χ1) is 17.6. The van der Waals surface area contributed by atoms with Crippen LogP contribution in [0.1, 0.15) is 75.2 Å². The van der Waals surface area contributed by atoms with Gasteiger partial charge in [-0.1, -0.05) is 45.2 Å². The standard InChI is InChI=1S/C28H38FN3O4S/c1-21(2)15-18-31-16-9-5-4-6-10-17-32(22(3)33)26-14-13-23(19-24(26)20-31)28(34)30-37(35,36)27-12-8-7-11-25(27)29/h7-8,11-14,19,21H,4-6,9-10,15-18,20H2,1-3H3,(H,30,34). The minimum absolute atomic E-state index is 0.0774. The maximum absolute atomic E-state index is 14.1. The Hall–Kier alpha value is -2.78. The van der Waals surface area contributed by atoms with E-state index in [1.807, 2.05) is 4.72 Å². The van der Waals surface area contributed by atoms with Crippen LogP contribution in [0, 0.1) is 11.7 Å². The van der Waals surface area contributed by atoms with E-state index in [2.05, 4.69) is 18.7 Å². The van der Waals surface area contributed by atoms with E-state index in [0.29, 0.717) is 19.0 Å². The summed E-state index contributed by atoms with van der Waals surface area (Å²) in [6.45, 7) is 8.81. The van der Waals surface area contributed by atoms with E-state index in [1.165, 1.54) is 25.1 Å². The zero-order valence-corrected chi connectivity index (χ0v) is 22.8. The van der Waals surface area contributed by atoms with E-state index in [4.69, 9.17) is 0 Å². The Morgan fingerprint density at radius 2 is 1.68 bits per heavy atom. The van der Waals surface area contributed by atoms with Gasteiger partial charge in [-0.15, -0.1) is 0 Å². The molecule has 0 spiro atoms. The fourth-order valence-corrected chi connectivity index (χ4v) is 5.60. The number of hydrogen-bond donors (Lipinski definition) is 1. The van der Waals surface area contributed by atoms with Gasteiger partial charge in [0.2, 0.25) is 5.91 Å². The number of fused-ring (bicyclic) bond motifs is 1. The normalized spacial score (nSPS) is 16.0. The second kappa shape index (κ2) is 13.1. The van der Waals surface area contributed by atoms with Crippen molar-refractivity contribution in [3.05, 3.63) is 59.4 Å². The lowest BCUT2D eigenvalue weighted by molar-refractivity contribution is -0.116. The van der Waals surface area contributed by atoms with Crippen molar-refractivity contribution in [1.82, 2.24) is 9.62 Å². The average Bonchev–Trinajstić information content (AvgIpc) is 2.83. The zero-order chi connectivity index (χ0) is 27.0. The lowest BCUT2D eigenvalue weighted by atomic mass is 10.0. The first-order valence-corrected chi connectivity index (χ1v) is 14.5. The van der Waals surface area contributed by atoms with Gasteiger partial charge in [-0.2, -0.15) is 0 Å². The molecule has 37 heavy (non-hydrogen) atoms. The number of nitrogens with one attached hydrogen (secondary N) is 1.